The zero-order valence-electron chi connectivity index (χ0n) is 12.7. The van der Waals surface area contributed by atoms with Crippen LogP contribution >= 0.6 is 15.9 Å². The standard InChI is InChI=1S/C17H15BrN2O4/c18-13-4-3-11-1-2-12(16(11)9-13)10-24-17(21)19-14-5-7-15(8-6-14)20(22)23/h3-9,12H,1-2,10H2,(H,19,21). The van der Waals surface area contributed by atoms with Crippen LogP contribution < -0.4 is 5.32 Å². The fourth-order valence-electron chi connectivity index (χ4n) is 2.83. The van der Waals surface area contributed by atoms with Gasteiger partial charge in [-0.1, -0.05) is 22.0 Å². The van der Waals surface area contributed by atoms with E-state index in [-0.39, 0.29) is 11.6 Å². The minimum absolute atomic E-state index is 0.0259. The van der Waals surface area contributed by atoms with E-state index >= 15 is 0 Å². The third-order valence-electron chi connectivity index (χ3n) is 4.05. The van der Waals surface area contributed by atoms with Gasteiger partial charge in [0.15, 0.2) is 0 Å². The lowest BCUT2D eigenvalue weighted by molar-refractivity contribution is -0.384. The summed E-state index contributed by atoms with van der Waals surface area (Å²) in [5.41, 5.74) is 2.94. The number of ether oxygens (including phenoxy) is 1. The summed E-state index contributed by atoms with van der Waals surface area (Å²) >= 11 is 3.46. The molecule has 1 aliphatic carbocycles. The van der Waals surface area contributed by atoms with Crippen LogP contribution in [0.5, 0.6) is 0 Å². The molecule has 7 heteroatoms. The minimum atomic E-state index is -0.563. The fourth-order valence-corrected chi connectivity index (χ4v) is 3.21. The molecule has 1 aliphatic rings. The van der Waals surface area contributed by atoms with Crippen molar-refractivity contribution in [2.75, 3.05) is 11.9 Å². The van der Waals surface area contributed by atoms with Crippen molar-refractivity contribution in [2.45, 2.75) is 18.8 Å². The van der Waals surface area contributed by atoms with Gasteiger partial charge in [0.05, 0.1) is 4.92 Å². The van der Waals surface area contributed by atoms with Crippen LogP contribution in [0.3, 0.4) is 0 Å². The van der Waals surface area contributed by atoms with E-state index in [1.807, 2.05) is 6.07 Å². The number of carbonyl (C=O) groups excluding carboxylic acids is 1. The van der Waals surface area contributed by atoms with Crippen LogP contribution in [0.15, 0.2) is 46.9 Å². The maximum Gasteiger partial charge on any atom is 0.411 e. The van der Waals surface area contributed by atoms with Gasteiger partial charge in [0.1, 0.15) is 6.61 Å². The first-order valence-electron chi connectivity index (χ1n) is 7.49. The third kappa shape index (κ3) is 3.73. The van der Waals surface area contributed by atoms with Crippen LogP contribution in [-0.4, -0.2) is 17.6 Å². The van der Waals surface area contributed by atoms with E-state index in [4.69, 9.17) is 4.74 Å². The predicted octanol–water partition coefficient (Wildman–Crippen LogP) is 4.64. The summed E-state index contributed by atoms with van der Waals surface area (Å²) < 4.78 is 6.32. The van der Waals surface area contributed by atoms with Crippen molar-refractivity contribution in [1.82, 2.24) is 0 Å². The van der Waals surface area contributed by atoms with E-state index in [0.29, 0.717) is 12.3 Å². The Morgan fingerprint density at radius 3 is 2.75 bits per heavy atom. The summed E-state index contributed by atoms with van der Waals surface area (Å²) in [5.74, 6) is 0.195. The Bertz CT molecular complexity index is 777. The number of carbonyl (C=O) groups is 1. The molecule has 6 nitrogen and oxygen atoms in total. The molecule has 2 aromatic carbocycles. The molecule has 24 heavy (non-hydrogen) atoms. The summed E-state index contributed by atoms with van der Waals surface area (Å²) in [5, 5.41) is 13.2. The zero-order valence-corrected chi connectivity index (χ0v) is 14.3. The number of hydrogen-bond donors (Lipinski definition) is 1. The number of nitrogens with zero attached hydrogens (tertiary/aromatic N) is 1. The van der Waals surface area contributed by atoms with E-state index in [1.54, 1.807) is 0 Å². The van der Waals surface area contributed by atoms with Gasteiger partial charge in [0, 0.05) is 28.2 Å². The second-order valence-electron chi connectivity index (χ2n) is 5.61. The van der Waals surface area contributed by atoms with Gasteiger partial charge in [0.25, 0.3) is 5.69 Å². The summed E-state index contributed by atoms with van der Waals surface area (Å²) in [4.78, 5) is 22.0. The summed E-state index contributed by atoms with van der Waals surface area (Å²) in [6, 6.07) is 11.8. The quantitative estimate of drug-likeness (QED) is 0.608. The number of anilines is 1. The largest absolute Gasteiger partial charge is 0.449 e. The van der Waals surface area contributed by atoms with E-state index in [2.05, 4.69) is 33.4 Å². The summed E-state index contributed by atoms with van der Waals surface area (Å²) in [6.07, 6.45) is 1.38. The zero-order chi connectivity index (χ0) is 17.1. The Labute approximate surface area is 147 Å². The van der Waals surface area contributed by atoms with E-state index in [0.717, 1.165) is 17.3 Å². The first kappa shape index (κ1) is 16.4. The number of non-ortho nitro benzene ring substituents is 1. The number of benzene rings is 2. The molecule has 0 radical (unpaired) electrons. The van der Waals surface area contributed by atoms with Gasteiger partial charge in [-0.2, -0.15) is 0 Å². The molecule has 0 bridgehead atoms. The Hall–Kier alpha value is -2.41. The van der Waals surface area contributed by atoms with Gasteiger partial charge >= 0.3 is 6.09 Å². The number of hydrogen-bond acceptors (Lipinski definition) is 4. The van der Waals surface area contributed by atoms with Crippen LogP contribution in [0.4, 0.5) is 16.2 Å². The number of nitrogens with one attached hydrogen (secondary N) is 1. The van der Waals surface area contributed by atoms with Gasteiger partial charge in [-0.3, -0.25) is 15.4 Å². The number of fused-ring (bicyclic) bond motifs is 1. The molecule has 1 atom stereocenters. The monoisotopic (exact) mass is 390 g/mol. The average molecular weight is 391 g/mol. The molecule has 0 spiro atoms. The number of amides is 1. The van der Waals surface area contributed by atoms with Crippen LogP contribution in [-0.2, 0) is 11.2 Å². The van der Waals surface area contributed by atoms with Crippen molar-refractivity contribution in [3.05, 3.63) is 68.2 Å². The van der Waals surface area contributed by atoms with Crippen molar-refractivity contribution in [3.63, 3.8) is 0 Å². The fraction of sp³-hybridized carbons (Fsp3) is 0.235. The van der Waals surface area contributed by atoms with Crippen molar-refractivity contribution in [2.24, 2.45) is 0 Å². The molecule has 0 aromatic heterocycles. The van der Waals surface area contributed by atoms with Crippen LogP contribution in [0.1, 0.15) is 23.5 Å². The Balaban J connectivity index is 1.55. The molecule has 0 heterocycles. The normalized spacial score (nSPS) is 15.6. The van der Waals surface area contributed by atoms with Crippen molar-refractivity contribution in [1.29, 1.82) is 0 Å². The summed E-state index contributed by atoms with van der Waals surface area (Å²) in [6.45, 7) is 0.308. The molecular formula is C17H15BrN2O4. The average Bonchev–Trinajstić information content (AvgIpc) is 2.95. The number of aryl methyl sites for hydroxylation is 1. The molecule has 1 unspecified atom stereocenters. The van der Waals surface area contributed by atoms with E-state index in [1.165, 1.54) is 35.4 Å². The highest BCUT2D eigenvalue weighted by molar-refractivity contribution is 9.10. The Morgan fingerprint density at radius 2 is 2.04 bits per heavy atom. The van der Waals surface area contributed by atoms with Crippen LogP contribution in [0.25, 0.3) is 0 Å². The molecule has 0 saturated heterocycles. The van der Waals surface area contributed by atoms with Gasteiger partial charge in [-0.25, -0.2) is 4.79 Å². The Morgan fingerprint density at radius 1 is 1.29 bits per heavy atom. The van der Waals surface area contributed by atoms with Gasteiger partial charge in [-0.05, 0) is 48.2 Å². The molecule has 0 aliphatic heterocycles. The second-order valence-corrected chi connectivity index (χ2v) is 6.52. The number of rotatable bonds is 4. The highest BCUT2D eigenvalue weighted by Gasteiger charge is 2.24. The SMILES string of the molecule is O=C(Nc1ccc([N+](=O)[O-])cc1)OCC1CCc2ccc(Br)cc21. The van der Waals surface area contributed by atoms with Crippen molar-refractivity contribution in [3.8, 4) is 0 Å². The lowest BCUT2D eigenvalue weighted by Gasteiger charge is -2.13. The van der Waals surface area contributed by atoms with Gasteiger partial charge in [0.2, 0.25) is 0 Å². The molecule has 0 saturated carbocycles. The molecule has 1 N–H and O–H groups in total. The lowest BCUT2D eigenvalue weighted by Crippen LogP contribution is -2.17. The summed E-state index contributed by atoms with van der Waals surface area (Å²) in [7, 11) is 0. The molecule has 3 rings (SSSR count). The molecule has 124 valence electrons. The third-order valence-corrected chi connectivity index (χ3v) is 4.54. The molecule has 1 amide bonds. The van der Waals surface area contributed by atoms with Crippen molar-refractivity contribution < 1.29 is 14.5 Å². The first-order chi connectivity index (χ1) is 11.5. The van der Waals surface area contributed by atoms with Gasteiger partial charge in [-0.15, -0.1) is 0 Å². The molecular weight excluding hydrogens is 376 g/mol. The maximum absolute atomic E-state index is 11.9. The number of nitro groups is 1. The minimum Gasteiger partial charge on any atom is -0.449 e. The smallest absolute Gasteiger partial charge is 0.411 e. The lowest BCUT2D eigenvalue weighted by atomic mass is 10.0. The number of halogens is 1. The first-order valence-corrected chi connectivity index (χ1v) is 8.29. The molecule has 2 aromatic rings. The van der Waals surface area contributed by atoms with Crippen LogP contribution in [0.2, 0.25) is 0 Å². The predicted molar refractivity (Wildman–Crippen MR) is 93.3 cm³/mol. The highest BCUT2D eigenvalue weighted by atomic mass is 79.9. The Kier molecular flexibility index (Phi) is 4.80. The van der Waals surface area contributed by atoms with E-state index in [9.17, 15) is 14.9 Å². The highest BCUT2D eigenvalue weighted by Crippen LogP contribution is 2.35. The van der Waals surface area contributed by atoms with Crippen LogP contribution in [0, 0.1) is 10.1 Å². The topological polar surface area (TPSA) is 81.5 Å². The second kappa shape index (κ2) is 7.00. The maximum atomic E-state index is 11.9. The van der Waals surface area contributed by atoms with E-state index < -0.39 is 11.0 Å². The molecule has 0 fully saturated rings. The van der Waals surface area contributed by atoms with Gasteiger partial charge < -0.3 is 4.74 Å². The number of nitro benzene ring substituents is 1. The van der Waals surface area contributed by atoms with Crippen molar-refractivity contribution >= 4 is 33.4 Å².